The molecule has 35 heavy (non-hydrogen) atoms. The molecule has 1 atom stereocenters. The van der Waals surface area contributed by atoms with E-state index in [-0.39, 0.29) is 18.3 Å². The topological polar surface area (TPSA) is 94.8 Å². The van der Waals surface area contributed by atoms with Gasteiger partial charge in [0, 0.05) is 11.9 Å². The molecule has 182 valence electrons. The van der Waals surface area contributed by atoms with E-state index in [2.05, 4.69) is 31.7 Å². The van der Waals surface area contributed by atoms with E-state index in [1.807, 2.05) is 55.5 Å². The number of halogens is 1. The van der Waals surface area contributed by atoms with Gasteiger partial charge in [0.05, 0.1) is 31.3 Å². The molecule has 4 rings (SSSR count). The molecule has 0 bridgehead atoms. The van der Waals surface area contributed by atoms with Gasteiger partial charge < -0.3 is 19.2 Å². The monoisotopic (exact) mass is 539 g/mol. The van der Waals surface area contributed by atoms with E-state index in [0.29, 0.717) is 22.7 Å². The van der Waals surface area contributed by atoms with Crippen LogP contribution in [0.1, 0.15) is 33.4 Å². The molecule has 2 heterocycles. The Balaban J connectivity index is 1.46. The Hall–Kier alpha value is -3.40. The predicted molar refractivity (Wildman–Crippen MR) is 135 cm³/mol. The SMILES string of the molecule is COc1ccc(CN[C@H](CONC(=O)c2ccc(Br)c(OC)n2)c2cc3ccc(C)cc3o2)cc1. The minimum atomic E-state index is -0.482. The molecule has 0 aliphatic rings. The Morgan fingerprint density at radius 3 is 2.60 bits per heavy atom. The molecule has 2 N–H and O–H groups in total. The summed E-state index contributed by atoms with van der Waals surface area (Å²) in [5, 5.41) is 4.45. The number of fused-ring (bicyclic) bond motifs is 1. The normalized spacial score (nSPS) is 11.9. The summed E-state index contributed by atoms with van der Waals surface area (Å²) in [7, 11) is 3.12. The van der Waals surface area contributed by atoms with E-state index in [9.17, 15) is 4.79 Å². The maximum Gasteiger partial charge on any atom is 0.293 e. The minimum Gasteiger partial charge on any atom is -0.497 e. The van der Waals surface area contributed by atoms with Crippen molar-refractivity contribution in [3.63, 3.8) is 0 Å². The van der Waals surface area contributed by atoms with Crippen LogP contribution in [-0.4, -0.2) is 31.7 Å². The highest BCUT2D eigenvalue weighted by Crippen LogP contribution is 2.26. The van der Waals surface area contributed by atoms with E-state index in [4.69, 9.17) is 18.7 Å². The van der Waals surface area contributed by atoms with Crippen molar-refractivity contribution in [3.8, 4) is 11.6 Å². The summed E-state index contributed by atoms with van der Waals surface area (Å²) in [5.74, 6) is 1.33. The molecule has 4 aromatic rings. The third-order valence-electron chi connectivity index (χ3n) is 5.40. The Morgan fingerprint density at radius 2 is 1.86 bits per heavy atom. The fourth-order valence-electron chi connectivity index (χ4n) is 3.49. The second kappa shape index (κ2) is 11.4. The van der Waals surface area contributed by atoms with Gasteiger partial charge in [-0.05, 0) is 70.4 Å². The lowest BCUT2D eigenvalue weighted by molar-refractivity contribution is 0.0193. The average molecular weight is 540 g/mol. The number of hydroxylamine groups is 1. The smallest absolute Gasteiger partial charge is 0.293 e. The van der Waals surface area contributed by atoms with E-state index < -0.39 is 5.91 Å². The van der Waals surface area contributed by atoms with Crippen molar-refractivity contribution in [2.24, 2.45) is 0 Å². The highest BCUT2D eigenvalue weighted by Gasteiger charge is 2.19. The number of nitrogens with one attached hydrogen (secondary N) is 2. The quantitative estimate of drug-likeness (QED) is 0.270. The zero-order chi connectivity index (χ0) is 24.8. The van der Waals surface area contributed by atoms with Crippen molar-refractivity contribution in [1.82, 2.24) is 15.8 Å². The zero-order valence-electron chi connectivity index (χ0n) is 19.6. The molecular formula is C26H26BrN3O5. The Morgan fingerprint density at radius 1 is 1.06 bits per heavy atom. The van der Waals surface area contributed by atoms with Crippen LogP contribution in [0.5, 0.6) is 11.6 Å². The number of benzene rings is 2. The second-order valence-corrected chi connectivity index (χ2v) is 8.76. The van der Waals surface area contributed by atoms with Crippen molar-refractivity contribution in [3.05, 3.63) is 87.7 Å². The molecule has 0 radical (unpaired) electrons. The van der Waals surface area contributed by atoms with E-state index in [1.54, 1.807) is 19.2 Å². The first kappa shape index (κ1) is 24.7. The zero-order valence-corrected chi connectivity index (χ0v) is 21.2. The van der Waals surface area contributed by atoms with Crippen LogP contribution >= 0.6 is 15.9 Å². The van der Waals surface area contributed by atoms with E-state index in [1.165, 1.54) is 7.11 Å². The minimum absolute atomic E-state index is 0.133. The van der Waals surface area contributed by atoms with Gasteiger partial charge in [-0.25, -0.2) is 10.5 Å². The number of pyridine rings is 1. The fourth-order valence-corrected chi connectivity index (χ4v) is 3.88. The highest BCUT2D eigenvalue weighted by atomic mass is 79.9. The summed E-state index contributed by atoms with van der Waals surface area (Å²) in [6.45, 7) is 2.71. The lowest BCUT2D eigenvalue weighted by atomic mass is 10.1. The molecule has 0 saturated carbocycles. The first-order chi connectivity index (χ1) is 17.0. The molecule has 8 nitrogen and oxygen atoms in total. The molecular weight excluding hydrogens is 514 g/mol. The number of carbonyl (C=O) groups excluding carboxylic acids is 1. The summed E-state index contributed by atoms with van der Waals surface area (Å²) in [5.41, 5.74) is 5.61. The van der Waals surface area contributed by atoms with Crippen LogP contribution in [0.4, 0.5) is 0 Å². The standard InChI is InChI=1S/C26H26BrN3O5/c1-16-4-7-18-13-24(35-23(18)12-16)22(28-14-17-5-8-19(32-2)9-6-17)15-34-30-25(31)21-11-10-20(27)26(29-21)33-3/h4-13,22,28H,14-15H2,1-3H3,(H,30,31)/t22-/m1/s1. The third-order valence-corrected chi connectivity index (χ3v) is 6.01. The van der Waals surface area contributed by atoms with Crippen LogP contribution in [0.25, 0.3) is 11.0 Å². The summed E-state index contributed by atoms with van der Waals surface area (Å²) >= 11 is 3.32. The largest absolute Gasteiger partial charge is 0.497 e. The van der Waals surface area contributed by atoms with Gasteiger partial charge in [-0.3, -0.25) is 9.63 Å². The first-order valence-corrected chi connectivity index (χ1v) is 11.7. The fraction of sp³-hybridized carbons (Fsp3) is 0.231. The molecule has 0 aliphatic heterocycles. The van der Waals surface area contributed by atoms with Gasteiger partial charge in [0.25, 0.3) is 5.91 Å². The molecule has 1 amide bonds. The number of hydrogen-bond acceptors (Lipinski definition) is 7. The van der Waals surface area contributed by atoms with Gasteiger partial charge in [-0.15, -0.1) is 0 Å². The van der Waals surface area contributed by atoms with Crippen molar-refractivity contribution in [2.75, 3.05) is 20.8 Å². The molecule has 0 fully saturated rings. The molecule has 2 aromatic carbocycles. The summed E-state index contributed by atoms with van der Waals surface area (Å²) in [6, 6.07) is 18.8. The van der Waals surface area contributed by atoms with Gasteiger partial charge in [0.15, 0.2) is 0 Å². The van der Waals surface area contributed by atoms with Crippen molar-refractivity contribution in [2.45, 2.75) is 19.5 Å². The van der Waals surface area contributed by atoms with Crippen LogP contribution in [0, 0.1) is 6.92 Å². The molecule has 0 unspecified atom stereocenters. The number of aromatic nitrogens is 1. The average Bonchev–Trinajstić information content (AvgIpc) is 3.29. The van der Waals surface area contributed by atoms with Gasteiger partial charge in [-0.2, -0.15) is 0 Å². The number of nitrogens with zero attached hydrogens (tertiary/aromatic N) is 1. The van der Waals surface area contributed by atoms with E-state index in [0.717, 1.165) is 27.8 Å². The number of aryl methyl sites for hydroxylation is 1. The van der Waals surface area contributed by atoms with E-state index >= 15 is 0 Å². The number of carbonyl (C=O) groups is 1. The maximum atomic E-state index is 12.5. The second-order valence-electron chi connectivity index (χ2n) is 7.90. The Labute approximate surface area is 211 Å². The molecule has 9 heteroatoms. The molecule has 2 aromatic heterocycles. The Bertz CT molecular complexity index is 1310. The number of methoxy groups -OCH3 is 2. The lowest BCUT2D eigenvalue weighted by Gasteiger charge is -2.17. The number of rotatable bonds is 10. The predicted octanol–water partition coefficient (Wildman–Crippen LogP) is 5.11. The van der Waals surface area contributed by atoms with Crippen molar-refractivity contribution >= 4 is 32.8 Å². The third kappa shape index (κ3) is 6.19. The van der Waals surface area contributed by atoms with Crippen LogP contribution in [0.3, 0.4) is 0 Å². The van der Waals surface area contributed by atoms with Crippen molar-refractivity contribution in [1.29, 1.82) is 0 Å². The number of ether oxygens (including phenoxy) is 2. The Kier molecular flexibility index (Phi) is 8.02. The molecule has 0 saturated heterocycles. The number of amides is 1. The van der Waals surface area contributed by atoms with Crippen LogP contribution in [0.2, 0.25) is 0 Å². The van der Waals surface area contributed by atoms with Crippen LogP contribution in [-0.2, 0) is 11.4 Å². The number of hydrogen-bond donors (Lipinski definition) is 2. The highest BCUT2D eigenvalue weighted by molar-refractivity contribution is 9.10. The van der Waals surface area contributed by atoms with Gasteiger partial charge in [0.1, 0.15) is 22.8 Å². The van der Waals surface area contributed by atoms with Crippen LogP contribution < -0.4 is 20.3 Å². The summed E-state index contributed by atoms with van der Waals surface area (Å²) in [6.07, 6.45) is 0. The molecule has 0 aliphatic carbocycles. The maximum absolute atomic E-state index is 12.5. The summed E-state index contributed by atoms with van der Waals surface area (Å²) in [4.78, 5) is 22.3. The van der Waals surface area contributed by atoms with Gasteiger partial charge in [0.2, 0.25) is 5.88 Å². The number of furan rings is 1. The lowest BCUT2D eigenvalue weighted by Crippen LogP contribution is -2.31. The van der Waals surface area contributed by atoms with Gasteiger partial charge in [-0.1, -0.05) is 24.3 Å². The van der Waals surface area contributed by atoms with Crippen molar-refractivity contribution < 1.29 is 23.5 Å². The van der Waals surface area contributed by atoms with Gasteiger partial charge >= 0.3 is 0 Å². The first-order valence-electron chi connectivity index (χ1n) is 11.0. The van der Waals surface area contributed by atoms with Crippen LogP contribution in [0.15, 0.2) is 69.6 Å². The summed E-state index contributed by atoms with van der Waals surface area (Å²) < 4.78 is 17.1. The molecule has 0 spiro atoms.